The van der Waals surface area contributed by atoms with Crippen LogP contribution in [0.25, 0.3) is 0 Å². The van der Waals surface area contributed by atoms with Gasteiger partial charge in [0, 0.05) is 0 Å². The Morgan fingerprint density at radius 3 is 2.25 bits per heavy atom. The van der Waals surface area contributed by atoms with Crippen molar-refractivity contribution in [1.29, 1.82) is 0 Å². The largest absolute Gasteiger partial charge is 0.376 e. The minimum Gasteiger partial charge on any atom is -0.376 e. The van der Waals surface area contributed by atoms with Gasteiger partial charge in [-0.15, -0.1) is 0 Å². The van der Waals surface area contributed by atoms with Gasteiger partial charge >= 0.3 is 0 Å². The van der Waals surface area contributed by atoms with E-state index in [-0.39, 0.29) is 24.4 Å². The summed E-state index contributed by atoms with van der Waals surface area (Å²) in [6.07, 6.45) is 2.75. The first-order valence-electron chi connectivity index (χ1n) is 7.55. The van der Waals surface area contributed by atoms with Gasteiger partial charge in [-0.25, -0.2) is 0 Å². The fourth-order valence-corrected chi connectivity index (χ4v) is 3.04. The third-order valence-electron chi connectivity index (χ3n) is 3.84. The molecule has 0 spiro atoms. The fraction of sp³-hybridized carbons (Fsp3) is 0.647. The second-order valence-corrected chi connectivity index (χ2v) is 6.21. The number of ether oxygens (including phenoxy) is 2. The fourth-order valence-electron chi connectivity index (χ4n) is 3.04. The molecular weight excluding hydrogens is 250 g/mol. The zero-order valence-corrected chi connectivity index (χ0v) is 13.1. The SMILES string of the molecule is Cc1cc(C)cc(C(N)COC2CC(C)OC(C)C2)c1. The Morgan fingerprint density at radius 1 is 1.15 bits per heavy atom. The molecule has 3 nitrogen and oxygen atoms in total. The first kappa shape index (κ1) is 15.5. The van der Waals surface area contributed by atoms with Crippen molar-refractivity contribution >= 4 is 0 Å². The standard InChI is InChI=1S/C17H27NO2/c1-11-5-12(2)7-15(6-11)17(18)10-19-16-8-13(3)20-14(4)9-16/h5-7,13-14,16-17H,8-10,18H2,1-4H3. The lowest BCUT2D eigenvalue weighted by atomic mass is 10.0. The summed E-state index contributed by atoms with van der Waals surface area (Å²) < 4.78 is 11.7. The molecule has 1 aromatic rings. The molecule has 0 aromatic heterocycles. The molecule has 1 fully saturated rings. The molecule has 3 heteroatoms. The van der Waals surface area contributed by atoms with Crippen LogP contribution in [0.5, 0.6) is 0 Å². The zero-order valence-electron chi connectivity index (χ0n) is 13.1. The van der Waals surface area contributed by atoms with Crippen LogP contribution in [-0.2, 0) is 9.47 Å². The van der Waals surface area contributed by atoms with E-state index in [9.17, 15) is 0 Å². The molecule has 0 radical (unpaired) electrons. The van der Waals surface area contributed by atoms with Gasteiger partial charge in [0.25, 0.3) is 0 Å². The second-order valence-electron chi connectivity index (χ2n) is 6.21. The molecule has 112 valence electrons. The minimum absolute atomic E-state index is 0.0537. The van der Waals surface area contributed by atoms with Crippen LogP contribution in [0.2, 0.25) is 0 Å². The molecule has 3 unspecified atom stereocenters. The Balaban J connectivity index is 1.89. The quantitative estimate of drug-likeness (QED) is 0.918. The first-order chi connectivity index (χ1) is 9.44. The van der Waals surface area contributed by atoms with Gasteiger partial charge in [-0.05, 0) is 46.1 Å². The Morgan fingerprint density at radius 2 is 1.70 bits per heavy atom. The van der Waals surface area contributed by atoms with E-state index < -0.39 is 0 Å². The highest BCUT2D eigenvalue weighted by Gasteiger charge is 2.25. The average Bonchev–Trinajstić information content (AvgIpc) is 2.33. The Labute approximate surface area is 122 Å². The molecule has 1 saturated heterocycles. The summed E-state index contributed by atoms with van der Waals surface area (Å²) in [4.78, 5) is 0. The number of benzene rings is 1. The lowest BCUT2D eigenvalue weighted by molar-refractivity contribution is -0.103. The van der Waals surface area contributed by atoms with Crippen molar-refractivity contribution in [3.63, 3.8) is 0 Å². The van der Waals surface area contributed by atoms with E-state index >= 15 is 0 Å². The molecule has 1 aliphatic rings. The maximum absolute atomic E-state index is 6.26. The summed E-state index contributed by atoms with van der Waals surface area (Å²) in [6, 6.07) is 6.41. The van der Waals surface area contributed by atoms with Crippen molar-refractivity contribution < 1.29 is 9.47 Å². The number of hydrogen-bond donors (Lipinski definition) is 1. The van der Waals surface area contributed by atoms with Crippen molar-refractivity contribution in [3.05, 3.63) is 34.9 Å². The zero-order chi connectivity index (χ0) is 14.7. The highest BCUT2D eigenvalue weighted by molar-refractivity contribution is 5.30. The molecule has 2 rings (SSSR count). The number of nitrogens with two attached hydrogens (primary N) is 1. The van der Waals surface area contributed by atoms with Gasteiger partial charge in [-0.1, -0.05) is 29.3 Å². The second kappa shape index (κ2) is 6.70. The Hall–Kier alpha value is -0.900. The average molecular weight is 277 g/mol. The topological polar surface area (TPSA) is 44.5 Å². The van der Waals surface area contributed by atoms with Gasteiger partial charge in [0.1, 0.15) is 0 Å². The monoisotopic (exact) mass is 277 g/mol. The highest BCUT2D eigenvalue weighted by Crippen LogP contribution is 2.23. The van der Waals surface area contributed by atoms with Crippen LogP contribution < -0.4 is 5.73 Å². The van der Waals surface area contributed by atoms with Crippen LogP contribution in [0.15, 0.2) is 18.2 Å². The van der Waals surface area contributed by atoms with Crippen molar-refractivity contribution in [2.24, 2.45) is 5.73 Å². The number of rotatable bonds is 4. The molecule has 2 N–H and O–H groups in total. The predicted octanol–water partition coefficient (Wildman–Crippen LogP) is 3.28. The van der Waals surface area contributed by atoms with E-state index in [4.69, 9.17) is 15.2 Å². The third-order valence-corrected chi connectivity index (χ3v) is 3.84. The first-order valence-corrected chi connectivity index (χ1v) is 7.55. The normalized spacial score (nSPS) is 28.4. The smallest absolute Gasteiger partial charge is 0.0663 e. The van der Waals surface area contributed by atoms with Crippen LogP contribution in [-0.4, -0.2) is 24.9 Å². The maximum atomic E-state index is 6.26. The van der Waals surface area contributed by atoms with E-state index in [1.807, 2.05) is 0 Å². The van der Waals surface area contributed by atoms with Gasteiger partial charge in [0.2, 0.25) is 0 Å². The summed E-state index contributed by atoms with van der Waals surface area (Å²) in [5, 5.41) is 0. The van der Waals surface area contributed by atoms with Crippen LogP contribution >= 0.6 is 0 Å². The lowest BCUT2D eigenvalue weighted by Gasteiger charge is -2.32. The van der Waals surface area contributed by atoms with Gasteiger partial charge in [0.05, 0.1) is 31.0 Å². The van der Waals surface area contributed by atoms with Crippen molar-refractivity contribution in [2.45, 2.75) is 64.9 Å². The minimum atomic E-state index is -0.0537. The Kier molecular flexibility index (Phi) is 5.19. The molecule has 0 aliphatic carbocycles. The highest BCUT2D eigenvalue weighted by atomic mass is 16.5. The summed E-state index contributed by atoms with van der Waals surface area (Å²) in [7, 11) is 0. The summed E-state index contributed by atoms with van der Waals surface area (Å²) in [5.74, 6) is 0. The molecular formula is C17H27NO2. The van der Waals surface area contributed by atoms with Crippen molar-refractivity contribution in [2.75, 3.05) is 6.61 Å². The predicted molar refractivity (Wildman–Crippen MR) is 81.8 cm³/mol. The number of hydrogen-bond acceptors (Lipinski definition) is 3. The molecule has 1 heterocycles. The van der Waals surface area contributed by atoms with E-state index in [0.717, 1.165) is 18.4 Å². The van der Waals surface area contributed by atoms with Crippen LogP contribution in [0.3, 0.4) is 0 Å². The summed E-state index contributed by atoms with van der Waals surface area (Å²) in [5.41, 5.74) is 9.93. The molecule has 1 aliphatic heterocycles. The van der Waals surface area contributed by atoms with Crippen molar-refractivity contribution in [3.8, 4) is 0 Å². The molecule has 3 atom stereocenters. The van der Waals surface area contributed by atoms with E-state index in [1.165, 1.54) is 11.1 Å². The molecule has 0 bridgehead atoms. The molecule has 20 heavy (non-hydrogen) atoms. The van der Waals surface area contributed by atoms with E-state index in [1.54, 1.807) is 0 Å². The van der Waals surface area contributed by atoms with E-state index in [2.05, 4.69) is 45.9 Å². The maximum Gasteiger partial charge on any atom is 0.0663 e. The summed E-state index contributed by atoms with van der Waals surface area (Å²) >= 11 is 0. The lowest BCUT2D eigenvalue weighted by Crippen LogP contribution is -2.35. The third kappa shape index (κ3) is 4.30. The van der Waals surface area contributed by atoms with Gasteiger partial charge in [-0.3, -0.25) is 0 Å². The van der Waals surface area contributed by atoms with Crippen LogP contribution in [0, 0.1) is 13.8 Å². The summed E-state index contributed by atoms with van der Waals surface area (Å²) in [6.45, 7) is 9.00. The van der Waals surface area contributed by atoms with Gasteiger partial charge in [-0.2, -0.15) is 0 Å². The van der Waals surface area contributed by atoms with Crippen LogP contribution in [0.4, 0.5) is 0 Å². The van der Waals surface area contributed by atoms with Gasteiger partial charge < -0.3 is 15.2 Å². The van der Waals surface area contributed by atoms with Crippen molar-refractivity contribution in [1.82, 2.24) is 0 Å². The Bertz CT molecular complexity index is 416. The van der Waals surface area contributed by atoms with Gasteiger partial charge in [0.15, 0.2) is 0 Å². The molecule has 1 aromatic carbocycles. The molecule has 0 saturated carbocycles. The molecule has 0 amide bonds. The van der Waals surface area contributed by atoms with E-state index in [0.29, 0.717) is 6.61 Å². The van der Waals surface area contributed by atoms with Crippen LogP contribution in [0.1, 0.15) is 49.4 Å². The number of aryl methyl sites for hydroxylation is 2.